The maximum absolute atomic E-state index is 13.9. The van der Waals surface area contributed by atoms with Crippen LogP contribution < -0.4 is 4.74 Å². The smallest absolute Gasteiger partial charge is 0.317 e. The second kappa shape index (κ2) is 5.75. The summed E-state index contributed by atoms with van der Waals surface area (Å²) < 4.78 is 23.7. The first-order chi connectivity index (χ1) is 9.13. The number of esters is 1. The van der Waals surface area contributed by atoms with Gasteiger partial charge in [0.05, 0.1) is 13.7 Å². The lowest BCUT2D eigenvalue weighted by molar-refractivity contribution is -0.139. The third-order valence-electron chi connectivity index (χ3n) is 3.12. The molecule has 0 spiro atoms. The van der Waals surface area contributed by atoms with Gasteiger partial charge in [-0.2, -0.15) is 0 Å². The quantitative estimate of drug-likeness (QED) is 0.576. The van der Waals surface area contributed by atoms with Crippen LogP contribution in [0.5, 0.6) is 5.75 Å². The molecule has 0 fully saturated rings. The molecule has 2 rings (SSSR count). The summed E-state index contributed by atoms with van der Waals surface area (Å²) in [6, 6.07) is 1.36. The van der Waals surface area contributed by atoms with E-state index in [0.717, 1.165) is 24.0 Å². The molecule has 0 bridgehead atoms. The van der Waals surface area contributed by atoms with E-state index >= 15 is 0 Å². The molecule has 3 nitrogen and oxygen atoms in total. The summed E-state index contributed by atoms with van der Waals surface area (Å²) in [6.45, 7) is 2.45. The fourth-order valence-electron chi connectivity index (χ4n) is 2.07. The Morgan fingerprint density at radius 3 is 3.11 bits per heavy atom. The number of halogens is 1. The van der Waals surface area contributed by atoms with Gasteiger partial charge < -0.3 is 9.47 Å². The maximum atomic E-state index is 13.9. The van der Waals surface area contributed by atoms with Gasteiger partial charge in [0.15, 0.2) is 11.6 Å². The van der Waals surface area contributed by atoms with E-state index < -0.39 is 5.97 Å². The largest absolute Gasteiger partial charge is 0.490 e. The van der Waals surface area contributed by atoms with Gasteiger partial charge in [-0.15, -0.1) is 0 Å². The van der Waals surface area contributed by atoms with Crippen molar-refractivity contribution in [2.75, 3.05) is 13.7 Å². The summed E-state index contributed by atoms with van der Waals surface area (Å²) in [5.74, 6) is 5.08. The van der Waals surface area contributed by atoms with Gasteiger partial charge in [0.25, 0.3) is 0 Å². The fraction of sp³-hybridized carbons (Fsp3) is 0.400. The molecule has 0 aromatic heterocycles. The first-order valence-electron chi connectivity index (χ1n) is 6.14. The van der Waals surface area contributed by atoms with Crippen LogP contribution >= 0.6 is 0 Å². The fourth-order valence-corrected chi connectivity index (χ4v) is 2.07. The summed E-state index contributed by atoms with van der Waals surface area (Å²) in [4.78, 5) is 11.0. The summed E-state index contributed by atoms with van der Waals surface area (Å²) in [5, 5.41) is 0. The SMILES string of the molecule is COC(=O)CC#Cc1cc(F)c2c(c1C)CCCO2. The van der Waals surface area contributed by atoms with Crippen LogP contribution in [0.3, 0.4) is 0 Å². The van der Waals surface area contributed by atoms with E-state index in [1.54, 1.807) is 0 Å². The molecule has 1 heterocycles. The van der Waals surface area contributed by atoms with Gasteiger partial charge in [0, 0.05) is 11.1 Å². The van der Waals surface area contributed by atoms with Crippen LogP contribution in [0, 0.1) is 24.6 Å². The molecule has 1 aliphatic rings. The van der Waals surface area contributed by atoms with E-state index in [0.29, 0.717) is 17.9 Å². The number of rotatable bonds is 1. The van der Waals surface area contributed by atoms with Crippen LogP contribution in [0.2, 0.25) is 0 Å². The Kier molecular flexibility index (Phi) is 4.06. The van der Waals surface area contributed by atoms with Gasteiger partial charge in [-0.05, 0) is 31.4 Å². The summed E-state index contributed by atoms with van der Waals surface area (Å²) in [6.07, 6.45) is 1.68. The Labute approximate surface area is 111 Å². The van der Waals surface area contributed by atoms with Gasteiger partial charge in [-0.3, -0.25) is 4.79 Å². The summed E-state index contributed by atoms with van der Waals surface area (Å²) >= 11 is 0. The highest BCUT2D eigenvalue weighted by molar-refractivity contribution is 5.72. The van der Waals surface area contributed by atoms with Gasteiger partial charge in [-0.1, -0.05) is 11.8 Å². The van der Waals surface area contributed by atoms with Crippen molar-refractivity contribution in [2.24, 2.45) is 0 Å². The lowest BCUT2D eigenvalue weighted by Crippen LogP contribution is -2.12. The molecule has 0 saturated heterocycles. The molecule has 0 aliphatic carbocycles. The minimum atomic E-state index is -0.396. The van der Waals surface area contributed by atoms with E-state index in [1.807, 2.05) is 6.92 Å². The van der Waals surface area contributed by atoms with Crippen molar-refractivity contribution in [3.8, 4) is 17.6 Å². The molecule has 0 amide bonds. The summed E-state index contributed by atoms with van der Waals surface area (Å²) in [7, 11) is 1.31. The van der Waals surface area contributed by atoms with Crippen LogP contribution in [-0.2, 0) is 16.0 Å². The van der Waals surface area contributed by atoms with Crippen molar-refractivity contribution >= 4 is 5.97 Å². The highest BCUT2D eigenvalue weighted by Crippen LogP contribution is 2.32. The van der Waals surface area contributed by atoms with E-state index in [9.17, 15) is 9.18 Å². The molecule has 1 aromatic rings. The minimum Gasteiger partial charge on any atom is -0.490 e. The van der Waals surface area contributed by atoms with E-state index in [4.69, 9.17) is 4.74 Å². The third-order valence-corrected chi connectivity index (χ3v) is 3.12. The number of carbonyl (C=O) groups excluding carboxylic acids is 1. The van der Waals surface area contributed by atoms with E-state index in [1.165, 1.54) is 13.2 Å². The van der Waals surface area contributed by atoms with Crippen LogP contribution in [0.1, 0.15) is 29.5 Å². The van der Waals surface area contributed by atoms with Crippen LogP contribution in [-0.4, -0.2) is 19.7 Å². The lowest BCUT2D eigenvalue weighted by Gasteiger charge is -2.20. The second-order valence-corrected chi connectivity index (χ2v) is 4.35. The Bertz CT molecular complexity index is 567. The number of fused-ring (bicyclic) bond motifs is 1. The van der Waals surface area contributed by atoms with Crippen molar-refractivity contribution in [2.45, 2.75) is 26.2 Å². The molecule has 0 saturated carbocycles. The Balaban J connectivity index is 2.32. The first kappa shape index (κ1) is 13.4. The number of benzene rings is 1. The van der Waals surface area contributed by atoms with Gasteiger partial charge in [0.2, 0.25) is 0 Å². The first-order valence-corrected chi connectivity index (χ1v) is 6.14. The second-order valence-electron chi connectivity index (χ2n) is 4.35. The minimum absolute atomic E-state index is 0.00510. The molecule has 19 heavy (non-hydrogen) atoms. The highest BCUT2D eigenvalue weighted by Gasteiger charge is 2.19. The predicted molar refractivity (Wildman–Crippen MR) is 68.5 cm³/mol. The van der Waals surface area contributed by atoms with Crippen molar-refractivity contribution in [3.05, 3.63) is 28.6 Å². The third kappa shape index (κ3) is 2.87. The number of ether oxygens (including phenoxy) is 2. The lowest BCUT2D eigenvalue weighted by atomic mass is 9.96. The molecule has 0 radical (unpaired) electrons. The molecular formula is C15H15FO3. The molecule has 1 aliphatic heterocycles. The van der Waals surface area contributed by atoms with Crippen molar-refractivity contribution in [1.29, 1.82) is 0 Å². The van der Waals surface area contributed by atoms with Crippen molar-refractivity contribution < 1.29 is 18.7 Å². The van der Waals surface area contributed by atoms with Gasteiger partial charge >= 0.3 is 5.97 Å². The molecule has 100 valence electrons. The maximum Gasteiger partial charge on any atom is 0.317 e. The van der Waals surface area contributed by atoms with E-state index in [-0.39, 0.29) is 12.2 Å². The van der Waals surface area contributed by atoms with Crippen LogP contribution in [0.25, 0.3) is 0 Å². The van der Waals surface area contributed by atoms with Gasteiger partial charge in [-0.25, -0.2) is 4.39 Å². The predicted octanol–water partition coefficient (Wildman–Crippen LogP) is 2.37. The average molecular weight is 262 g/mol. The Morgan fingerprint density at radius 2 is 2.37 bits per heavy atom. The topological polar surface area (TPSA) is 35.5 Å². The van der Waals surface area contributed by atoms with Crippen molar-refractivity contribution in [3.63, 3.8) is 0 Å². The molecule has 0 N–H and O–H groups in total. The summed E-state index contributed by atoms with van der Waals surface area (Å²) in [5.41, 5.74) is 2.41. The Morgan fingerprint density at radius 1 is 1.58 bits per heavy atom. The van der Waals surface area contributed by atoms with Crippen molar-refractivity contribution in [1.82, 2.24) is 0 Å². The molecule has 0 atom stereocenters. The van der Waals surface area contributed by atoms with Crippen LogP contribution in [0.15, 0.2) is 6.07 Å². The van der Waals surface area contributed by atoms with Crippen LogP contribution in [0.4, 0.5) is 4.39 Å². The number of carbonyl (C=O) groups is 1. The zero-order valence-electron chi connectivity index (χ0n) is 11.0. The molecule has 1 aromatic carbocycles. The zero-order chi connectivity index (χ0) is 13.8. The van der Waals surface area contributed by atoms with Gasteiger partial charge in [0.1, 0.15) is 6.42 Å². The normalized spacial score (nSPS) is 12.8. The molecular weight excluding hydrogens is 247 g/mol. The zero-order valence-corrected chi connectivity index (χ0v) is 11.0. The standard InChI is InChI=1S/C15H15FO3/c1-10-11(5-3-7-14(17)18-2)9-13(16)15-12(10)6-4-8-19-15/h9H,4,6-8H2,1-2H3. The van der Waals surface area contributed by atoms with E-state index in [2.05, 4.69) is 16.6 Å². The number of hydrogen-bond acceptors (Lipinski definition) is 3. The number of methoxy groups -OCH3 is 1. The molecule has 0 unspecified atom stereocenters. The monoisotopic (exact) mass is 262 g/mol. The molecule has 4 heteroatoms. The average Bonchev–Trinajstić information content (AvgIpc) is 2.44. The highest BCUT2D eigenvalue weighted by atomic mass is 19.1. The number of hydrogen-bond donors (Lipinski definition) is 0. The Hall–Kier alpha value is -2.02.